The number of nitrogens with one attached hydrogen (secondary N) is 2. The fourth-order valence-electron chi connectivity index (χ4n) is 2.50. The van der Waals surface area contributed by atoms with Gasteiger partial charge in [-0.2, -0.15) is 11.3 Å². The lowest BCUT2D eigenvalue weighted by atomic mass is 9.89. The van der Waals surface area contributed by atoms with Crippen LogP contribution >= 0.6 is 22.7 Å². The molecule has 6 nitrogen and oxygen atoms in total. The number of aromatic nitrogens is 1. The summed E-state index contributed by atoms with van der Waals surface area (Å²) in [7, 11) is 0. The number of amides is 2. The second-order valence-electron chi connectivity index (χ2n) is 5.57. The third-order valence-electron chi connectivity index (χ3n) is 3.81. The van der Waals surface area contributed by atoms with Gasteiger partial charge in [0.2, 0.25) is 11.8 Å². The Morgan fingerprint density at radius 1 is 1.38 bits per heavy atom. The molecule has 126 valence electrons. The number of fused-ring (bicyclic) bond motifs is 1. The van der Waals surface area contributed by atoms with Crippen molar-refractivity contribution in [2.45, 2.75) is 32.7 Å². The summed E-state index contributed by atoms with van der Waals surface area (Å²) in [5.74, 6) is -0.757. The highest BCUT2D eigenvalue weighted by molar-refractivity contribution is 7.17. The fraction of sp³-hybridized carbons (Fsp3) is 0.375. The Bertz CT molecular complexity index is 768. The highest BCUT2D eigenvalue weighted by Gasteiger charge is 2.33. The van der Waals surface area contributed by atoms with Crippen molar-refractivity contribution in [2.24, 2.45) is 5.92 Å². The Morgan fingerprint density at radius 2 is 2.21 bits per heavy atom. The van der Waals surface area contributed by atoms with Crippen LogP contribution in [0, 0.1) is 5.92 Å². The number of thiophene rings is 1. The van der Waals surface area contributed by atoms with Crippen molar-refractivity contribution in [3.8, 4) is 0 Å². The molecule has 0 radical (unpaired) electrons. The maximum atomic E-state index is 12.3. The predicted molar refractivity (Wildman–Crippen MR) is 93.3 cm³/mol. The maximum absolute atomic E-state index is 12.3. The van der Waals surface area contributed by atoms with Crippen LogP contribution in [-0.4, -0.2) is 22.6 Å². The molecule has 0 aromatic carbocycles. The molecule has 0 fully saturated rings. The van der Waals surface area contributed by atoms with Gasteiger partial charge in [0.1, 0.15) is 0 Å². The van der Waals surface area contributed by atoms with E-state index in [1.165, 1.54) is 11.3 Å². The van der Waals surface area contributed by atoms with Crippen molar-refractivity contribution in [1.29, 1.82) is 0 Å². The summed E-state index contributed by atoms with van der Waals surface area (Å²) in [5, 5.41) is 9.92. The summed E-state index contributed by atoms with van der Waals surface area (Å²) in [6.45, 7) is 2.22. The molecule has 24 heavy (non-hydrogen) atoms. The molecule has 2 N–H and O–H groups in total. The molecule has 1 aliphatic carbocycles. The lowest BCUT2D eigenvalue weighted by Gasteiger charge is -2.19. The number of hydrogen-bond donors (Lipinski definition) is 2. The van der Waals surface area contributed by atoms with E-state index >= 15 is 0 Å². The van der Waals surface area contributed by atoms with E-state index in [0.29, 0.717) is 35.1 Å². The minimum atomic E-state index is -0.402. The highest BCUT2D eigenvalue weighted by Crippen LogP contribution is 2.32. The zero-order valence-electron chi connectivity index (χ0n) is 13.1. The van der Waals surface area contributed by atoms with Gasteiger partial charge >= 0.3 is 0 Å². The van der Waals surface area contributed by atoms with Crippen LogP contribution in [0.5, 0.6) is 0 Å². The van der Waals surface area contributed by atoms with Crippen molar-refractivity contribution < 1.29 is 14.4 Å². The molecule has 0 bridgehead atoms. The van der Waals surface area contributed by atoms with Crippen molar-refractivity contribution in [3.63, 3.8) is 0 Å². The Kier molecular flexibility index (Phi) is 5.06. The van der Waals surface area contributed by atoms with E-state index in [1.54, 1.807) is 18.3 Å². The molecule has 0 unspecified atom stereocenters. The number of carbonyl (C=O) groups excluding carboxylic acids is 3. The van der Waals surface area contributed by atoms with Crippen LogP contribution in [0.4, 0.5) is 5.13 Å². The van der Waals surface area contributed by atoms with Crippen molar-refractivity contribution >= 4 is 45.4 Å². The Labute approximate surface area is 147 Å². The van der Waals surface area contributed by atoms with E-state index < -0.39 is 5.92 Å². The quantitative estimate of drug-likeness (QED) is 0.855. The lowest BCUT2D eigenvalue weighted by molar-refractivity contribution is -0.125. The number of hydrogen-bond acceptors (Lipinski definition) is 6. The van der Waals surface area contributed by atoms with E-state index in [9.17, 15) is 14.4 Å². The number of carbonyl (C=O) groups is 3. The molecule has 1 aliphatic rings. The number of thiazole rings is 1. The third kappa shape index (κ3) is 3.70. The molecular formula is C16H17N3O3S2. The molecule has 1 atom stereocenters. The number of anilines is 1. The van der Waals surface area contributed by atoms with Gasteiger partial charge in [-0.15, -0.1) is 0 Å². The van der Waals surface area contributed by atoms with Crippen LogP contribution < -0.4 is 10.6 Å². The maximum Gasteiger partial charge on any atom is 0.225 e. The highest BCUT2D eigenvalue weighted by atomic mass is 32.1. The van der Waals surface area contributed by atoms with Crippen LogP contribution in [0.1, 0.15) is 40.7 Å². The third-order valence-corrected chi connectivity index (χ3v) is 5.59. The summed E-state index contributed by atoms with van der Waals surface area (Å²) < 4.78 is 0. The number of rotatable bonds is 5. The van der Waals surface area contributed by atoms with E-state index in [1.807, 2.05) is 16.8 Å². The van der Waals surface area contributed by atoms with Crippen LogP contribution in [0.15, 0.2) is 16.8 Å². The summed E-state index contributed by atoms with van der Waals surface area (Å²) in [4.78, 5) is 40.9. The van der Waals surface area contributed by atoms with E-state index in [0.717, 1.165) is 5.56 Å². The smallest absolute Gasteiger partial charge is 0.225 e. The number of nitrogens with zero attached hydrogens (tertiary/aromatic N) is 1. The van der Waals surface area contributed by atoms with Gasteiger partial charge in [-0.25, -0.2) is 4.98 Å². The van der Waals surface area contributed by atoms with Crippen molar-refractivity contribution in [3.05, 3.63) is 33.0 Å². The van der Waals surface area contributed by atoms with Gasteiger partial charge in [-0.05, 0) is 22.4 Å². The van der Waals surface area contributed by atoms with Crippen LogP contribution in [0.25, 0.3) is 0 Å². The SMILES string of the molecule is CCC(=O)Nc1nc2c(s1)C(=O)C[C@@H](C(=O)NCc1ccsc1)C2. The lowest BCUT2D eigenvalue weighted by Crippen LogP contribution is -2.35. The van der Waals surface area contributed by atoms with Crippen molar-refractivity contribution in [2.75, 3.05) is 5.32 Å². The van der Waals surface area contributed by atoms with E-state index in [-0.39, 0.29) is 24.0 Å². The minimum Gasteiger partial charge on any atom is -0.352 e. The van der Waals surface area contributed by atoms with Crippen LogP contribution in [0.3, 0.4) is 0 Å². The average molecular weight is 363 g/mol. The van der Waals surface area contributed by atoms with Gasteiger partial charge in [-0.3, -0.25) is 14.4 Å². The molecule has 2 heterocycles. The van der Waals surface area contributed by atoms with Gasteiger partial charge in [0, 0.05) is 25.8 Å². The monoisotopic (exact) mass is 363 g/mol. The van der Waals surface area contributed by atoms with Gasteiger partial charge in [0.15, 0.2) is 10.9 Å². The normalized spacial score (nSPS) is 16.5. The second-order valence-corrected chi connectivity index (χ2v) is 7.35. The molecule has 2 aromatic heterocycles. The van der Waals surface area contributed by atoms with E-state index in [4.69, 9.17) is 0 Å². The standard InChI is InChI=1S/C16H17N3O3S2/c1-2-13(21)19-16-18-11-5-10(6-12(20)14(11)24-16)15(22)17-7-9-3-4-23-8-9/h3-4,8,10H,2,5-7H2,1H3,(H,17,22)(H,18,19,21)/t10-/m0/s1. The molecule has 8 heteroatoms. The van der Waals surface area contributed by atoms with Crippen LogP contribution in [-0.2, 0) is 22.6 Å². The summed E-state index contributed by atoms with van der Waals surface area (Å²) >= 11 is 2.77. The van der Waals surface area contributed by atoms with Gasteiger partial charge in [0.25, 0.3) is 0 Å². The molecule has 3 rings (SSSR count). The first kappa shape index (κ1) is 16.8. The predicted octanol–water partition coefficient (Wildman–Crippen LogP) is 2.61. The zero-order valence-corrected chi connectivity index (χ0v) is 14.8. The summed E-state index contributed by atoms with van der Waals surface area (Å²) in [6.07, 6.45) is 0.965. The first-order valence-corrected chi connectivity index (χ1v) is 9.44. The van der Waals surface area contributed by atoms with Gasteiger partial charge in [-0.1, -0.05) is 18.3 Å². The minimum absolute atomic E-state index is 0.0820. The first-order chi connectivity index (χ1) is 11.6. The van der Waals surface area contributed by atoms with Crippen LogP contribution in [0.2, 0.25) is 0 Å². The number of ketones is 1. The molecule has 0 aliphatic heterocycles. The fourth-order valence-corrected chi connectivity index (χ4v) is 4.13. The summed E-state index contributed by atoms with van der Waals surface area (Å²) in [5.41, 5.74) is 1.66. The molecule has 0 saturated carbocycles. The van der Waals surface area contributed by atoms with Gasteiger partial charge in [0.05, 0.1) is 16.5 Å². The molecule has 2 amide bonds. The molecule has 0 saturated heterocycles. The topological polar surface area (TPSA) is 88.2 Å². The zero-order chi connectivity index (χ0) is 17.1. The Hall–Kier alpha value is -2.06. The molecular weight excluding hydrogens is 346 g/mol. The molecule has 2 aromatic rings. The van der Waals surface area contributed by atoms with Gasteiger partial charge < -0.3 is 10.6 Å². The second kappa shape index (κ2) is 7.23. The molecule has 0 spiro atoms. The largest absolute Gasteiger partial charge is 0.352 e. The van der Waals surface area contributed by atoms with E-state index in [2.05, 4.69) is 15.6 Å². The Morgan fingerprint density at radius 3 is 2.92 bits per heavy atom. The first-order valence-electron chi connectivity index (χ1n) is 7.68. The Balaban J connectivity index is 1.66. The average Bonchev–Trinajstić information content (AvgIpc) is 3.21. The number of Topliss-reactive ketones (excluding diaryl/α,β-unsaturated/α-hetero) is 1. The summed E-state index contributed by atoms with van der Waals surface area (Å²) in [6, 6.07) is 1.96. The van der Waals surface area contributed by atoms with Crippen molar-refractivity contribution in [1.82, 2.24) is 10.3 Å².